The average molecular weight is 250 g/mol. The van der Waals surface area contributed by atoms with Crippen molar-refractivity contribution in [2.75, 3.05) is 7.11 Å². The van der Waals surface area contributed by atoms with E-state index in [4.69, 9.17) is 15.3 Å². The number of hydrogen-bond donors (Lipinski definition) is 1. The lowest BCUT2D eigenvalue weighted by molar-refractivity contribution is -0.112. The Morgan fingerprint density at radius 1 is 1.33 bits per heavy atom. The second-order valence-electron chi connectivity index (χ2n) is 3.77. The lowest BCUT2D eigenvalue weighted by Gasteiger charge is -2.04. The highest BCUT2D eigenvalue weighted by Gasteiger charge is 2.06. The van der Waals surface area contributed by atoms with Crippen LogP contribution in [0.4, 0.5) is 0 Å². The summed E-state index contributed by atoms with van der Waals surface area (Å²) in [4.78, 5) is 16.1. The van der Waals surface area contributed by atoms with Gasteiger partial charge in [0.2, 0.25) is 0 Å². The molecule has 18 heavy (non-hydrogen) atoms. The van der Waals surface area contributed by atoms with Crippen molar-refractivity contribution in [3.05, 3.63) is 29.8 Å². The fourth-order valence-electron chi connectivity index (χ4n) is 1.36. The van der Waals surface area contributed by atoms with Gasteiger partial charge in [0.15, 0.2) is 0 Å². The number of rotatable bonds is 7. The normalized spacial score (nSPS) is 11.1. The number of nitrogens with zero attached hydrogens (tertiary/aromatic N) is 1. The van der Waals surface area contributed by atoms with Gasteiger partial charge in [-0.05, 0) is 24.1 Å². The lowest BCUT2D eigenvalue weighted by atomic mass is 10.2. The monoisotopic (exact) mass is 250 g/mol. The average Bonchev–Trinajstić information content (AvgIpc) is 2.38. The molecule has 0 unspecified atom stereocenters. The molecule has 1 amide bonds. The van der Waals surface area contributed by atoms with Gasteiger partial charge in [-0.25, -0.2) is 0 Å². The van der Waals surface area contributed by atoms with Crippen LogP contribution in [-0.4, -0.2) is 18.7 Å². The van der Waals surface area contributed by atoms with E-state index in [0.717, 1.165) is 17.7 Å². The number of nitrogens with two attached hydrogens (primary N) is 1. The second kappa shape index (κ2) is 7.32. The first-order chi connectivity index (χ1) is 8.67. The molecule has 0 aliphatic rings. The Bertz CT molecular complexity index is 413. The van der Waals surface area contributed by atoms with Crippen LogP contribution in [-0.2, 0) is 16.2 Å². The first kappa shape index (κ1) is 14.0. The van der Waals surface area contributed by atoms with Crippen molar-refractivity contribution in [1.82, 2.24) is 0 Å². The van der Waals surface area contributed by atoms with Crippen LogP contribution in [0.3, 0.4) is 0 Å². The number of oxime groups is 1. The van der Waals surface area contributed by atoms with Gasteiger partial charge in [-0.15, -0.1) is 0 Å². The predicted molar refractivity (Wildman–Crippen MR) is 69.3 cm³/mol. The Balaban J connectivity index is 2.53. The summed E-state index contributed by atoms with van der Waals surface area (Å²) >= 11 is 0. The Morgan fingerprint density at radius 2 is 2.00 bits per heavy atom. The molecule has 98 valence electrons. The highest BCUT2D eigenvalue weighted by molar-refractivity contribution is 6.38. The van der Waals surface area contributed by atoms with Crippen molar-refractivity contribution in [2.45, 2.75) is 26.4 Å². The number of carbonyl (C=O) groups excluding carboxylic acids is 1. The summed E-state index contributed by atoms with van der Waals surface area (Å²) in [6, 6.07) is 7.42. The third-order valence-electron chi connectivity index (χ3n) is 2.34. The van der Waals surface area contributed by atoms with Crippen LogP contribution in [0.1, 0.15) is 25.3 Å². The Labute approximate surface area is 107 Å². The molecule has 0 bridgehead atoms. The molecule has 0 radical (unpaired) electrons. The molecule has 1 rings (SSSR count). The third kappa shape index (κ3) is 4.45. The van der Waals surface area contributed by atoms with Crippen molar-refractivity contribution in [1.29, 1.82) is 0 Å². The maximum atomic E-state index is 11.0. The molecular formula is C13H18N2O3. The first-order valence-corrected chi connectivity index (χ1v) is 5.79. The number of hydrogen-bond acceptors (Lipinski definition) is 4. The van der Waals surface area contributed by atoms with Gasteiger partial charge in [-0.2, -0.15) is 0 Å². The van der Waals surface area contributed by atoms with E-state index in [9.17, 15) is 4.79 Å². The Kier molecular flexibility index (Phi) is 5.70. The molecule has 0 aliphatic carbocycles. The minimum atomic E-state index is -0.536. The molecule has 0 aliphatic heterocycles. The van der Waals surface area contributed by atoms with E-state index in [1.165, 1.54) is 0 Å². The number of benzene rings is 1. The summed E-state index contributed by atoms with van der Waals surface area (Å²) in [5.74, 6) is 0.248. The van der Waals surface area contributed by atoms with Gasteiger partial charge in [0.05, 0.1) is 7.11 Å². The summed E-state index contributed by atoms with van der Waals surface area (Å²) < 4.78 is 5.05. The van der Waals surface area contributed by atoms with E-state index >= 15 is 0 Å². The van der Waals surface area contributed by atoms with E-state index < -0.39 is 5.91 Å². The van der Waals surface area contributed by atoms with Crippen LogP contribution in [0, 0.1) is 0 Å². The number of ether oxygens (including phenoxy) is 1. The van der Waals surface area contributed by atoms with Crippen molar-refractivity contribution < 1.29 is 14.4 Å². The van der Waals surface area contributed by atoms with Crippen LogP contribution >= 0.6 is 0 Å². The molecule has 5 heteroatoms. The predicted octanol–water partition coefficient (Wildman–Crippen LogP) is 1.85. The van der Waals surface area contributed by atoms with E-state index in [0.29, 0.717) is 13.0 Å². The van der Waals surface area contributed by atoms with Gasteiger partial charge < -0.3 is 15.3 Å². The molecule has 0 saturated heterocycles. The van der Waals surface area contributed by atoms with Crippen LogP contribution in [0.5, 0.6) is 5.75 Å². The lowest BCUT2D eigenvalue weighted by Crippen LogP contribution is -2.23. The first-order valence-electron chi connectivity index (χ1n) is 5.79. The van der Waals surface area contributed by atoms with E-state index in [-0.39, 0.29) is 5.71 Å². The van der Waals surface area contributed by atoms with Crippen molar-refractivity contribution >= 4 is 11.6 Å². The third-order valence-corrected chi connectivity index (χ3v) is 2.34. The molecule has 0 aromatic heterocycles. The maximum absolute atomic E-state index is 11.0. The molecular weight excluding hydrogens is 232 g/mol. The maximum Gasteiger partial charge on any atom is 0.266 e. The zero-order valence-corrected chi connectivity index (χ0v) is 10.7. The highest BCUT2D eigenvalue weighted by Crippen LogP contribution is 2.12. The van der Waals surface area contributed by atoms with E-state index in [2.05, 4.69) is 5.16 Å². The van der Waals surface area contributed by atoms with E-state index in [1.54, 1.807) is 7.11 Å². The standard InChI is InChI=1S/C13H18N2O3/c1-3-4-12(13(14)16)15-18-9-10-5-7-11(17-2)8-6-10/h5-8H,3-4,9H2,1-2H3,(H2,14,16). The van der Waals surface area contributed by atoms with Crippen molar-refractivity contribution in [3.8, 4) is 5.75 Å². The van der Waals surface area contributed by atoms with Crippen molar-refractivity contribution in [3.63, 3.8) is 0 Å². The molecule has 2 N–H and O–H groups in total. The van der Waals surface area contributed by atoms with Gasteiger partial charge in [0.1, 0.15) is 18.1 Å². The molecule has 1 aromatic carbocycles. The molecule has 5 nitrogen and oxygen atoms in total. The fourth-order valence-corrected chi connectivity index (χ4v) is 1.36. The number of carbonyl (C=O) groups is 1. The molecule has 0 heterocycles. The Hall–Kier alpha value is -2.04. The van der Waals surface area contributed by atoms with Gasteiger partial charge >= 0.3 is 0 Å². The Morgan fingerprint density at radius 3 is 2.50 bits per heavy atom. The van der Waals surface area contributed by atoms with E-state index in [1.807, 2.05) is 31.2 Å². The summed E-state index contributed by atoms with van der Waals surface area (Å²) in [6.45, 7) is 2.24. The second-order valence-corrected chi connectivity index (χ2v) is 3.77. The summed E-state index contributed by atoms with van der Waals surface area (Å²) in [5.41, 5.74) is 6.39. The number of primary amides is 1. The van der Waals surface area contributed by atoms with Gasteiger partial charge in [-0.1, -0.05) is 30.6 Å². The van der Waals surface area contributed by atoms with Crippen LogP contribution in [0.15, 0.2) is 29.4 Å². The molecule has 1 aromatic rings. The molecule has 0 saturated carbocycles. The van der Waals surface area contributed by atoms with Crippen LogP contribution in [0.25, 0.3) is 0 Å². The summed E-state index contributed by atoms with van der Waals surface area (Å²) in [7, 11) is 1.61. The topological polar surface area (TPSA) is 73.9 Å². The SMILES string of the molecule is CCCC(=NOCc1ccc(OC)cc1)C(N)=O. The molecule has 0 fully saturated rings. The quantitative estimate of drug-likeness (QED) is 0.593. The van der Waals surface area contributed by atoms with Crippen LogP contribution < -0.4 is 10.5 Å². The number of methoxy groups -OCH3 is 1. The van der Waals surface area contributed by atoms with Gasteiger partial charge in [-0.3, -0.25) is 4.79 Å². The fraction of sp³-hybridized carbons (Fsp3) is 0.385. The minimum Gasteiger partial charge on any atom is -0.497 e. The largest absolute Gasteiger partial charge is 0.497 e. The molecule has 0 atom stereocenters. The minimum absolute atomic E-state index is 0.269. The van der Waals surface area contributed by atoms with Gasteiger partial charge in [0, 0.05) is 0 Å². The van der Waals surface area contributed by atoms with Crippen LogP contribution in [0.2, 0.25) is 0 Å². The zero-order chi connectivity index (χ0) is 13.4. The summed E-state index contributed by atoms with van der Waals surface area (Å²) in [5, 5.41) is 3.76. The zero-order valence-electron chi connectivity index (χ0n) is 10.7. The number of amides is 1. The van der Waals surface area contributed by atoms with Gasteiger partial charge in [0.25, 0.3) is 5.91 Å². The van der Waals surface area contributed by atoms with Crippen molar-refractivity contribution in [2.24, 2.45) is 10.9 Å². The highest BCUT2D eigenvalue weighted by atomic mass is 16.6. The molecule has 0 spiro atoms. The smallest absolute Gasteiger partial charge is 0.266 e. The summed E-state index contributed by atoms with van der Waals surface area (Å²) in [6.07, 6.45) is 1.33.